The number of nitrogens with two attached hydrogens (primary N) is 1. The minimum atomic E-state index is -3.53. The van der Waals surface area contributed by atoms with Crippen molar-refractivity contribution in [3.8, 4) is 0 Å². The first kappa shape index (κ1) is 21.9. The molecular weight excluding hydrogens is 362 g/mol. The lowest BCUT2D eigenvalue weighted by molar-refractivity contribution is -0.133. The Balaban J connectivity index is 0.00000312. The van der Waals surface area contributed by atoms with Crippen LogP contribution in [0.25, 0.3) is 0 Å². The molecule has 0 saturated carbocycles. The van der Waals surface area contributed by atoms with Crippen LogP contribution in [0, 0.1) is 0 Å². The molecule has 1 aliphatic rings. The van der Waals surface area contributed by atoms with Gasteiger partial charge in [-0.25, -0.2) is 8.42 Å². The topological polar surface area (TPSA) is 83.7 Å². The number of carbonyl (C=O) groups is 1. The van der Waals surface area contributed by atoms with Gasteiger partial charge in [0.05, 0.1) is 10.9 Å². The maximum atomic E-state index is 12.8. The van der Waals surface area contributed by atoms with Crippen LogP contribution in [0.3, 0.4) is 0 Å². The molecule has 0 aromatic heterocycles. The Labute approximate surface area is 156 Å². The van der Waals surface area contributed by atoms with Gasteiger partial charge in [0.1, 0.15) is 0 Å². The third kappa shape index (κ3) is 4.94. The van der Waals surface area contributed by atoms with Crippen molar-refractivity contribution in [3.05, 3.63) is 29.8 Å². The largest absolute Gasteiger partial charge is 0.339 e. The summed E-state index contributed by atoms with van der Waals surface area (Å²) in [5.74, 6) is -0.137. The Morgan fingerprint density at radius 3 is 1.96 bits per heavy atom. The van der Waals surface area contributed by atoms with Crippen LogP contribution in [-0.4, -0.2) is 55.8 Å². The van der Waals surface area contributed by atoms with Gasteiger partial charge in [-0.2, -0.15) is 4.31 Å². The lowest BCUT2D eigenvalue weighted by Crippen LogP contribution is -2.53. The molecule has 1 atom stereocenters. The number of benzene rings is 1. The molecule has 1 aromatic carbocycles. The fraction of sp³-hybridized carbons (Fsp3) is 0.588. The van der Waals surface area contributed by atoms with E-state index >= 15 is 0 Å². The number of carbonyl (C=O) groups excluding carboxylic acids is 1. The number of rotatable bonds is 3. The molecule has 0 spiro atoms. The highest BCUT2D eigenvalue weighted by Gasteiger charge is 2.31. The zero-order valence-corrected chi connectivity index (χ0v) is 16.9. The Hall–Kier alpha value is -1.15. The molecule has 6 nitrogen and oxygen atoms in total. The standard InChI is InChI=1S/C17H27N3O3S.ClH/c1-13(18)16(21)19-9-11-20(12-10-19)24(22,23)15-7-5-14(6-8-15)17(2,3)4;/h5-8,13H,9-12,18H2,1-4H3;1H. The zero-order chi connectivity index (χ0) is 18.1. The third-order valence-corrected chi connectivity index (χ3v) is 6.21. The van der Waals surface area contributed by atoms with Crippen LogP contribution >= 0.6 is 12.4 Å². The Kier molecular flexibility index (Phi) is 7.03. The van der Waals surface area contributed by atoms with E-state index in [-0.39, 0.29) is 23.7 Å². The third-order valence-electron chi connectivity index (χ3n) is 4.30. The Bertz CT molecular complexity index is 689. The SMILES string of the molecule is CC(N)C(=O)N1CCN(S(=O)(=O)c2ccc(C(C)(C)C)cc2)CC1.Cl. The molecule has 1 fully saturated rings. The van der Waals surface area contributed by atoms with E-state index in [2.05, 4.69) is 20.8 Å². The Morgan fingerprint density at radius 1 is 1.08 bits per heavy atom. The second kappa shape index (κ2) is 8.03. The lowest BCUT2D eigenvalue weighted by atomic mass is 9.87. The number of hydrogen-bond acceptors (Lipinski definition) is 4. The summed E-state index contributed by atoms with van der Waals surface area (Å²) < 4.78 is 26.9. The van der Waals surface area contributed by atoms with Gasteiger partial charge in [-0.15, -0.1) is 12.4 Å². The van der Waals surface area contributed by atoms with Crippen molar-refractivity contribution in [1.29, 1.82) is 0 Å². The molecular formula is C17H28ClN3O3S. The molecule has 25 heavy (non-hydrogen) atoms. The maximum Gasteiger partial charge on any atom is 0.243 e. The first-order chi connectivity index (χ1) is 11.0. The van der Waals surface area contributed by atoms with Gasteiger partial charge >= 0.3 is 0 Å². The van der Waals surface area contributed by atoms with Gasteiger partial charge in [-0.05, 0) is 30.0 Å². The van der Waals surface area contributed by atoms with Crippen LogP contribution < -0.4 is 5.73 Å². The van der Waals surface area contributed by atoms with Gasteiger partial charge in [-0.1, -0.05) is 32.9 Å². The molecule has 0 radical (unpaired) electrons. The summed E-state index contributed by atoms with van der Waals surface area (Å²) in [5.41, 5.74) is 6.68. The van der Waals surface area contributed by atoms with Gasteiger partial charge < -0.3 is 10.6 Å². The molecule has 1 unspecified atom stereocenters. The average molecular weight is 390 g/mol. The fourth-order valence-electron chi connectivity index (χ4n) is 2.71. The van der Waals surface area contributed by atoms with Crippen molar-refractivity contribution in [2.24, 2.45) is 5.73 Å². The van der Waals surface area contributed by atoms with Crippen LogP contribution in [-0.2, 0) is 20.2 Å². The van der Waals surface area contributed by atoms with Crippen LogP contribution in [0.15, 0.2) is 29.2 Å². The molecule has 2 N–H and O–H groups in total. The lowest BCUT2D eigenvalue weighted by Gasteiger charge is -2.34. The van der Waals surface area contributed by atoms with Crippen LogP contribution in [0.4, 0.5) is 0 Å². The second-order valence-corrected chi connectivity index (χ2v) is 9.23. The molecule has 1 heterocycles. The van der Waals surface area contributed by atoms with Crippen molar-refractivity contribution >= 4 is 28.3 Å². The highest BCUT2D eigenvalue weighted by atomic mass is 35.5. The number of amides is 1. The number of nitrogens with zero attached hydrogens (tertiary/aromatic N) is 2. The number of hydrogen-bond donors (Lipinski definition) is 1. The summed E-state index contributed by atoms with van der Waals surface area (Å²) in [7, 11) is -3.53. The second-order valence-electron chi connectivity index (χ2n) is 7.29. The summed E-state index contributed by atoms with van der Waals surface area (Å²) in [6.07, 6.45) is 0. The summed E-state index contributed by atoms with van der Waals surface area (Å²) in [4.78, 5) is 13.8. The normalized spacial score (nSPS) is 17.7. The summed E-state index contributed by atoms with van der Waals surface area (Å²) >= 11 is 0. The Morgan fingerprint density at radius 2 is 1.56 bits per heavy atom. The first-order valence-electron chi connectivity index (χ1n) is 8.18. The number of halogens is 1. The van der Waals surface area contributed by atoms with Crippen molar-refractivity contribution in [3.63, 3.8) is 0 Å². The van der Waals surface area contributed by atoms with Gasteiger partial charge in [0.25, 0.3) is 0 Å². The molecule has 1 amide bonds. The zero-order valence-electron chi connectivity index (χ0n) is 15.2. The van der Waals surface area contributed by atoms with Gasteiger partial charge in [0.2, 0.25) is 15.9 Å². The van der Waals surface area contributed by atoms with E-state index in [0.717, 1.165) is 5.56 Å². The molecule has 8 heteroatoms. The molecule has 1 saturated heterocycles. The van der Waals surface area contributed by atoms with E-state index in [4.69, 9.17) is 5.73 Å². The predicted octanol–water partition coefficient (Wildman–Crippen LogP) is 1.59. The van der Waals surface area contributed by atoms with E-state index < -0.39 is 16.1 Å². The van der Waals surface area contributed by atoms with Crippen LogP contribution in [0.2, 0.25) is 0 Å². The van der Waals surface area contributed by atoms with E-state index in [1.165, 1.54) is 4.31 Å². The highest BCUT2D eigenvalue weighted by molar-refractivity contribution is 7.89. The van der Waals surface area contributed by atoms with Gasteiger partial charge in [0, 0.05) is 26.2 Å². The molecule has 2 rings (SSSR count). The first-order valence-corrected chi connectivity index (χ1v) is 9.62. The molecule has 1 aliphatic heterocycles. The van der Waals surface area contributed by atoms with E-state index in [1.54, 1.807) is 24.0 Å². The van der Waals surface area contributed by atoms with Crippen LogP contribution in [0.5, 0.6) is 0 Å². The highest BCUT2D eigenvalue weighted by Crippen LogP contribution is 2.25. The van der Waals surface area contributed by atoms with Gasteiger partial charge in [0.15, 0.2) is 0 Å². The minimum Gasteiger partial charge on any atom is -0.339 e. The van der Waals surface area contributed by atoms with E-state index in [0.29, 0.717) is 31.1 Å². The van der Waals surface area contributed by atoms with Crippen molar-refractivity contribution in [2.45, 2.75) is 44.0 Å². The fourth-order valence-corrected chi connectivity index (χ4v) is 4.13. The summed E-state index contributed by atoms with van der Waals surface area (Å²) in [5, 5.41) is 0. The molecule has 1 aromatic rings. The molecule has 142 valence electrons. The van der Waals surface area contributed by atoms with E-state index in [9.17, 15) is 13.2 Å². The molecule has 0 aliphatic carbocycles. The van der Waals surface area contributed by atoms with Crippen molar-refractivity contribution in [1.82, 2.24) is 9.21 Å². The number of piperazine rings is 1. The number of sulfonamides is 1. The predicted molar refractivity (Wildman–Crippen MR) is 101 cm³/mol. The summed E-state index contributed by atoms with van der Waals surface area (Å²) in [6.45, 7) is 9.24. The molecule has 0 bridgehead atoms. The van der Waals surface area contributed by atoms with Crippen LogP contribution in [0.1, 0.15) is 33.3 Å². The minimum absolute atomic E-state index is 0. The smallest absolute Gasteiger partial charge is 0.243 e. The van der Waals surface area contributed by atoms with Crippen molar-refractivity contribution < 1.29 is 13.2 Å². The summed E-state index contributed by atoms with van der Waals surface area (Å²) in [6, 6.07) is 6.49. The maximum absolute atomic E-state index is 12.8. The average Bonchev–Trinajstić information content (AvgIpc) is 2.53. The van der Waals surface area contributed by atoms with Crippen molar-refractivity contribution in [2.75, 3.05) is 26.2 Å². The van der Waals surface area contributed by atoms with Gasteiger partial charge in [-0.3, -0.25) is 4.79 Å². The quantitative estimate of drug-likeness (QED) is 0.850. The monoisotopic (exact) mass is 389 g/mol. The van der Waals surface area contributed by atoms with E-state index in [1.807, 2.05) is 12.1 Å².